The highest BCUT2D eigenvalue weighted by molar-refractivity contribution is 5.89. The number of ether oxygens (including phenoxy) is 1. The quantitative estimate of drug-likeness (QED) is 0.887. The van der Waals surface area contributed by atoms with Crippen molar-refractivity contribution in [2.45, 2.75) is 6.42 Å². The van der Waals surface area contributed by atoms with Gasteiger partial charge in [-0.05, 0) is 36.2 Å². The summed E-state index contributed by atoms with van der Waals surface area (Å²) in [6, 6.07) is 13.0. The second-order valence-electron chi connectivity index (χ2n) is 4.45. The molecular weight excluding hydrogens is 271 g/mol. The Bertz CT molecular complexity index is 617. The molecule has 2 rings (SSSR count). The first-order chi connectivity index (χ1) is 10.2. The minimum absolute atomic E-state index is 0.365. The normalized spacial score (nSPS) is 10.0. The molecule has 0 radical (unpaired) electrons. The zero-order valence-electron chi connectivity index (χ0n) is 11.7. The van der Waals surface area contributed by atoms with Gasteiger partial charge in [0, 0.05) is 12.2 Å². The molecule has 0 bridgehead atoms. The summed E-state index contributed by atoms with van der Waals surface area (Å²) in [5.41, 5.74) is 1.44. The summed E-state index contributed by atoms with van der Waals surface area (Å²) < 4.78 is 18.2. The highest BCUT2D eigenvalue weighted by Crippen LogP contribution is 2.17. The van der Waals surface area contributed by atoms with Gasteiger partial charge in [-0.1, -0.05) is 24.3 Å². The maximum Gasteiger partial charge on any atom is 0.319 e. The SMILES string of the molecule is COc1ccccc1CCNC(=O)Nc1cccc(F)c1. The number of hydrogen-bond acceptors (Lipinski definition) is 2. The summed E-state index contributed by atoms with van der Waals surface area (Å²) >= 11 is 0. The van der Waals surface area contributed by atoms with E-state index in [4.69, 9.17) is 4.74 Å². The fourth-order valence-corrected chi connectivity index (χ4v) is 1.96. The summed E-state index contributed by atoms with van der Waals surface area (Å²) in [6.45, 7) is 0.460. The fraction of sp³-hybridized carbons (Fsp3) is 0.188. The van der Waals surface area contributed by atoms with E-state index in [1.54, 1.807) is 19.2 Å². The number of carbonyl (C=O) groups excluding carboxylic acids is 1. The molecule has 0 saturated heterocycles. The van der Waals surface area contributed by atoms with Crippen LogP contribution in [-0.2, 0) is 6.42 Å². The highest BCUT2D eigenvalue weighted by Gasteiger charge is 2.04. The molecule has 2 amide bonds. The Morgan fingerprint density at radius 3 is 2.76 bits per heavy atom. The number of anilines is 1. The number of nitrogens with one attached hydrogen (secondary N) is 2. The van der Waals surface area contributed by atoms with E-state index >= 15 is 0 Å². The highest BCUT2D eigenvalue weighted by atomic mass is 19.1. The average molecular weight is 288 g/mol. The van der Waals surface area contributed by atoms with Crippen LogP contribution < -0.4 is 15.4 Å². The molecule has 0 fully saturated rings. The van der Waals surface area contributed by atoms with Crippen LogP contribution >= 0.6 is 0 Å². The van der Waals surface area contributed by atoms with Crippen LogP contribution in [0.1, 0.15) is 5.56 Å². The predicted octanol–water partition coefficient (Wildman–Crippen LogP) is 3.20. The van der Waals surface area contributed by atoms with E-state index in [0.29, 0.717) is 18.7 Å². The molecule has 0 atom stereocenters. The van der Waals surface area contributed by atoms with Gasteiger partial charge in [0.05, 0.1) is 7.11 Å². The number of urea groups is 1. The molecule has 2 aromatic rings. The van der Waals surface area contributed by atoms with E-state index < -0.39 is 0 Å². The first-order valence-electron chi connectivity index (χ1n) is 6.61. The molecule has 5 heteroatoms. The van der Waals surface area contributed by atoms with Gasteiger partial charge in [-0.2, -0.15) is 0 Å². The van der Waals surface area contributed by atoms with Crippen LogP contribution in [0.15, 0.2) is 48.5 Å². The lowest BCUT2D eigenvalue weighted by Crippen LogP contribution is -2.30. The van der Waals surface area contributed by atoms with Gasteiger partial charge >= 0.3 is 6.03 Å². The van der Waals surface area contributed by atoms with Crippen molar-refractivity contribution in [3.8, 4) is 5.75 Å². The third-order valence-electron chi connectivity index (χ3n) is 2.95. The van der Waals surface area contributed by atoms with Gasteiger partial charge in [0.1, 0.15) is 11.6 Å². The Morgan fingerprint density at radius 1 is 1.19 bits per heavy atom. The number of methoxy groups -OCH3 is 1. The predicted molar refractivity (Wildman–Crippen MR) is 80.1 cm³/mol. The molecule has 21 heavy (non-hydrogen) atoms. The van der Waals surface area contributed by atoms with Gasteiger partial charge in [-0.3, -0.25) is 0 Å². The minimum atomic E-state index is -0.387. The molecular formula is C16H17FN2O2. The Kier molecular flexibility index (Phi) is 5.15. The van der Waals surface area contributed by atoms with E-state index in [0.717, 1.165) is 11.3 Å². The Labute approximate surface area is 122 Å². The second kappa shape index (κ2) is 7.28. The lowest BCUT2D eigenvalue weighted by atomic mass is 10.1. The third-order valence-corrected chi connectivity index (χ3v) is 2.95. The molecule has 0 unspecified atom stereocenters. The lowest BCUT2D eigenvalue weighted by Gasteiger charge is -2.10. The third kappa shape index (κ3) is 4.49. The van der Waals surface area contributed by atoms with Gasteiger partial charge in [-0.25, -0.2) is 9.18 Å². The molecule has 0 spiro atoms. The van der Waals surface area contributed by atoms with Crippen molar-refractivity contribution < 1.29 is 13.9 Å². The monoisotopic (exact) mass is 288 g/mol. The van der Waals surface area contributed by atoms with Crippen LogP contribution in [0.25, 0.3) is 0 Å². The van der Waals surface area contributed by atoms with Crippen LogP contribution in [0.4, 0.5) is 14.9 Å². The zero-order chi connectivity index (χ0) is 15.1. The summed E-state index contributed by atoms with van der Waals surface area (Å²) in [4.78, 5) is 11.7. The number of carbonyl (C=O) groups is 1. The molecule has 4 nitrogen and oxygen atoms in total. The van der Waals surface area contributed by atoms with Crippen molar-refractivity contribution in [3.05, 3.63) is 59.9 Å². The topological polar surface area (TPSA) is 50.4 Å². The molecule has 0 saturated carbocycles. The lowest BCUT2D eigenvalue weighted by molar-refractivity contribution is 0.252. The molecule has 2 aromatic carbocycles. The number of para-hydroxylation sites is 1. The largest absolute Gasteiger partial charge is 0.496 e. The van der Waals surface area contributed by atoms with Crippen molar-refractivity contribution in [2.75, 3.05) is 19.0 Å². The number of hydrogen-bond donors (Lipinski definition) is 2. The van der Waals surface area contributed by atoms with E-state index in [1.807, 2.05) is 24.3 Å². The zero-order valence-corrected chi connectivity index (χ0v) is 11.7. The first kappa shape index (κ1) is 14.8. The van der Waals surface area contributed by atoms with Gasteiger partial charge in [0.2, 0.25) is 0 Å². The maximum absolute atomic E-state index is 13.0. The number of benzene rings is 2. The smallest absolute Gasteiger partial charge is 0.319 e. The van der Waals surface area contributed by atoms with Crippen molar-refractivity contribution in [1.29, 1.82) is 0 Å². The molecule has 0 heterocycles. The summed E-state index contributed by atoms with van der Waals surface area (Å²) in [5, 5.41) is 5.30. The maximum atomic E-state index is 13.0. The first-order valence-corrected chi connectivity index (χ1v) is 6.61. The van der Waals surface area contributed by atoms with Crippen LogP contribution in [0.3, 0.4) is 0 Å². The summed E-state index contributed by atoms with van der Waals surface area (Å²) in [5.74, 6) is 0.409. The van der Waals surface area contributed by atoms with E-state index in [-0.39, 0.29) is 11.8 Å². The Balaban J connectivity index is 1.82. The van der Waals surface area contributed by atoms with Gasteiger partial charge < -0.3 is 15.4 Å². The molecule has 0 aliphatic carbocycles. The van der Waals surface area contributed by atoms with Crippen LogP contribution in [0.5, 0.6) is 5.75 Å². The fourth-order valence-electron chi connectivity index (χ4n) is 1.96. The second-order valence-corrected chi connectivity index (χ2v) is 4.45. The molecule has 0 aliphatic heterocycles. The standard InChI is InChI=1S/C16H17FN2O2/c1-21-15-8-3-2-5-12(15)9-10-18-16(20)19-14-7-4-6-13(17)11-14/h2-8,11H,9-10H2,1H3,(H2,18,19,20). The van der Waals surface area contributed by atoms with Crippen molar-refractivity contribution in [3.63, 3.8) is 0 Å². The number of rotatable bonds is 5. The van der Waals surface area contributed by atoms with E-state index in [2.05, 4.69) is 10.6 Å². The average Bonchev–Trinajstić information content (AvgIpc) is 2.47. The van der Waals surface area contributed by atoms with E-state index in [1.165, 1.54) is 12.1 Å². The molecule has 0 aliphatic rings. The van der Waals surface area contributed by atoms with Gasteiger partial charge in [0.25, 0.3) is 0 Å². The number of amides is 2. The molecule has 110 valence electrons. The van der Waals surface area contributed by atoms with Crippen molar-refractivity contribution >= 4 is 11.7 Å². The van der Waals surface area contributed by atoms with E-state index in [9.17, 15) is 9.18 Å². The van der Waals surface area contributed by atoms with Crippen LogP contribution in [0, 0.1) is 5.82 Å². The summed E-state index contributed by atoms with van der Waals surface area (Å²) in [7, 11) is 1.61. The van der Waals surface area contributed by atoms with Crippen molar-refractivity contribution in [1.82, 2.24) is 5.32 Å². The van der Waals surface area contributed by atoms with Crippen molar-refractivity contribution in [2.24, 2.45) is 0 Å². The minimum Gasteiger partial charge on any atom is -0.496 e. The number of halogens is 1. The van der Waals surface area contributed by atoms with Crippen LogP contribution in [-0.4, -0.2) is 19.7 Å². The van der Waals surface area contributed by atoms with Crippen LogP contribution in [0.2, 0.25) is 0 Å². The molecule has 0 aromatic heterocycles. The Morgan fingerprint density at radius 2 is 2.00 bits per heavy atom. The van der Waals surface area contributed by atoms with Gasteiger partial charge in [0.15, 0.2) is 0 Å². The molecule has 2 N–H and O–H groups in total. The summed E-state index contributed by atoms with van der Waals surface area (Å²) in [6.07, 6.45) is 0.653. The Hall–Kier alpha value is -2.56. The van der Waals surface area contributed by atoms with Gasteiger partial charge in [-0.15, -0.1) is 0 Å².